The smallest absolute Gasteiger partial charge is 0.00391 e. The van der Waals surface area contributed by atoms with Crippen LogP contribution in [0.1, 0.15) is 70.4 Å². The van der Waals surface area contributed by atoms with Gasteiger partial charge in [-0.2, -0.15) is 0 Å². The average molecular weight is 421 g/mol. The van der Waals surface area contributed by atoms with Crippen LogP contribution in [0.5, 0.6) is 0 Å². The number of hydrogen-bond acceptors (Lipinski definition) is 0. The third-order valence-corrected chi connectivity index (χ3v) is 8.84. The van der Waals surface area contributed by atoms with E-state index in [1.165, 1.54) is 66.3 Å². The first-order chi connectivity index (χ1) is 15.4. The average Bonchev–Trinajstić information content (AvgIpc) is 2.78. The molecule has 0 spiro atoms. The fraction of sp³-hybridized carbons (Fsp3) is 0.438. The van der Waals surface area contributed by atoms with Crippen molar-refractivity contribution < 1.29 is 0 Å². The molecule has 0 heteroatoms. The lowest BCUT2D eigenvalue weighted by Gasteiger charge is -2.57. The molecule has 0 heterocycles. The molecule has 32 heavy (non-hydrogen) atoms. The summed E-state index contributed by atoms with van der Waals surface area (Å²) in [4.78, 5) is 0. The van der Waals surface area contributed by atoms with E-state index < -0.39 is 0 Å². The van der Waals surface area contributed by atoms with E-state index in [4.69, 9.17) is 0 Å². The molecule has 4 fully saturated rings. The molecule has 0 N–H and O–H groups in total. The van der Waals surface area contributed by atoms with Gasteiger partial charge in [0, 0.05) is 0 Å². The highest BCUT2D eigenvalue weighted by Gasteiger charge is 2.51. The molecule has 0 nitrogen and oxygen atoms in total. The van der Waals surface area contributed by atoms with Crippen LogP contribution in [0.25, 0.3) is 22.3 Å². The zero-order chi connectivity index (χ0) is 21.9. The van der Waals surface area contributed by atoms with E-state index in [1.54, 1.807) is 5.56 Å². The monoisotopic (exact) mass is 420 g/mol. The van der Waals surface area contributed by atoms with Crippen molar-refractivity contribution in [3.8, 4) is 22.3 Å². The molecule has 0 atom stereocenters. The molecule has 7 rings (SSSR count). The Morgan fingerprint density at radius 2 is 0.875 bits per heavy atom. The van der Waals surface area contributed by atoms with Gasteiger partial charge in [-0.15, -0.1) is 0 Å². The lowest BCUT2D eigenvalue weighted by Crippen LogP contribution is -2.48. The van der Waals surface area contributed by atoms with Crippen LogP contribution in [0.2, 0.25) is 0 Å². The Kier molecular flexibility index (Phi) is 4.65. The zero-order valence-corrected chi connectivity index (χ0v) is 19.9. The zero-order valence-electron chi connectivity index (χ0n) is 19.9. The predicted octanol–water partition coefficient (Wildman–Crippen LogP) is 8.79. The molecular weight excluding hydrogens is 384 g/mol. The molecule has 0 amide bonds. The van der Waals surface area contributed by atoms with Crippen LogP contribution in [0.3, 0.4) is 0 Å². The summed E-state index contributed by atoms with van der Waals surface area (Å²) in [6, 6.07) is 27.8. The molecule has 4 aliphatic rings. The highest BCUT2D eigenvalue weighted by atomic mass is 14.6. The minimum Gasteiger partial charge on any atom is -0.0579 e. The van der Waals surface area contributed by atoms with Gasteiger partial charge in [0.15, 0.2) is 0 Å². The van der Waals surface area contributed by atoms with Crippen LogP contribution in [-0.4, -0.2) is 0 Å². The quantitative estimate of drug-likeness (QED) is 0.397. The normalized spacial score (nSPS) is 28.8. The molecule has 4 aliphatic carbocycles. The van der Waals surface area contributed by atoms with Gasteiger partial charge >= 0.3 is 0 Å². The van der Waals surface area contributed by atoms with Gasteiger partial charge in [0.2, 0.25) is 0 Å². The second kappa shape index (κ2) is 7.34. The van der Waals surface area contributed by atoms with E-state index in [-0.39, 0.29) is 5.41 Å². The van der Waals surface area contributed by atoms with Gasteiger partial charge in [0.25, 0.3) is 0 Å². The second-order valence-corrected chi connectivity index (χ2v) is 12.2. The van der Waals surface area contributed by atoms with E-state index in [0.29, 0.717) is 5.41 Å². The Morgan fingerprint density at radius 3 is 1.25 bits per heavy atom. The Labute approximate surface area is 194 Å². The van der Waals surface area contributed by atoms with Crippen molar-refractivity contribution in [2.45, 2.75) is 70.1 Å². The maximum Gasteiger partial charge on any atom is -0.00391 e. The predicted molar refractivity (Wildman–Crippen MR) is 136 cm³/mol. The van der Waals surface area contributed by atoms with E-state index in [2.05, 4.69) is 93.6 Å². The van der Waals surface area contributed by atoms with Gasteiger partial charge in [-0.3, -0.25) is 0 Å². The minimum atomic E-state index is 0.199. The number of benzene rings is 3. The molecule has 4 bridgehead atoms. The fourth-order valence-corrected chi connectivity index (χ4v) is 7.50. The molecule has 3 aromatic rings. The Morgan fingerprint density at radius 1 is 0.531 bits per heavy atom. The lowest BCUT2D eigenvalue weighted by molar-refractivity contribution is -0.00518. The molecule has 4 saturated carbocycles. The highest BCUT2D eigenvalue weighted by Crippen LogP contribution is 2.60. The van der Waals surface area contributed by atoms with Crippen molar-refractivity contribution in [2.24, 2.45) is 17.8 Å². The van der Waals surface area contributed by atoms with Crippen molar-refractivity contribution in [1.82, 2.24) is 0 Å². The molecular formula is C32H36. The van der Waals surface area contributed by atoms with E-state index in [9.17, 15) is 0 Å². The van der Waals surface area contributed by atoms with Crippen LogP contribution >= 0.6 is 0 Å². The van der Waals surface area contributed by atoms with Crippen LogP contribution in [0.15, 0.2) is 72.8 Å². The summed E-state index contributed by atoms with van der Waals surface area (Å²) >= 11 is 0. The van der Waals surface area contributed by atoms with Gasteiger partial charge in [0.05, 0.1) is 0 Å². The Balaban J connectivity index is 1.21. The first-order valence-electron chi connectivity index (χ1n) is 12.7. The SMILES string of the molecule is CC(C)(C)c1ccc(-c2ccc(-c3ccc(C45CC6CC(CC(C6)C4)C5)cc3)cc2)cc1. The van der Waals surface area contributed by atoms with Crippen molar-refractivity contribution >= 4 is 0 Å². The van der Waals surface area contributed by atoms with E-state index in [0.717, 1.165) is 17.8 Å². The number of hydrogen-bond donors (Lipinski definition) is 0. The third-order valence-electron chi connectivity index (χ3n) is 8.84. The maximum absolute atomic E-state index is 2.46. The van der Waals surface area contributed by atoms with Crippen LogP contribution in [0, 0.1) is 17.8 Å². The molecule has 0 aliphatic heterocycles. The summed E-state index contributed by atoms with van der Waals surface area (Å²) < 4.78 is 0. The van der Waals surface area contributed by atoms with Crippen LogP contribution in [-0.2, 0) is 10.8 Å². The summed E-state index contributed by atoms with van der Waals surface area (Å²) in [6.07, 6.45) is 8.89. The molecule has 0 aromatic heterocycles. The largest absolute Gasteiger partial charge is 0.0579 e. The molecule has 0 radical (unpaired) electrons. The van der Waals surface area contributed by atoms with Gasteiger partial charge in [-0.25, -0.2) is 0 Å². The summed E-state index contributed by atoms with van der Waals surface area (Å²) in [5.74, 6) is 3.02. The Hall–Kier alpha value is -2.34. The van der Waals surface area contributed by atoms with Gasteiger partial charge < -0.3 is 0 Å². The maximum atomic E-state index is 2.46. The summed E-state index contributed by atoms with van der Waals surface area (Å²) in [6.45, 7) is 6.81. The summed E-state index contributed by atoms with van der Waals surface area (Å²) in [5, 5.41) is 0. The van der Waals surface area contributed by atoms with E-state index in [1.807, 2.05) is 0 Å². The van der Waals surface area contributed by atoms with Gasteiger partial charge in [-0.05, 0) is 100 Å². The van der Waals surface area contributed by atoms with Crippen molar-refractivity contribution in [1.29, 1.82) is 0 Å². The van der Waals surface area contributed by atoms with Crippen molar-refractivity contribution in [3.63, 3.8) is 0 Å². The standard InChI is InChI=1S/C32H36/c1-31(2,3)29-12-8-27(9-13-29)25-4-6-26(7-5-25)28-10-14-30(15-11-28)32-19-22-16-23(20-32)18-24(17-22)21-32/h4-15,22-24H,16-21H2,1-3H3. The first kappa shape index (κ1) is 20.3. The van der Waals surface area contributed by atoms with Gasteiger partial charge in [-0.1, -0.05) is 93.6 Å². The fourth-order valence-electron chi connectivity index (χ4n) is 7.50. The topological polar surface area (TPSA) is 0 Å². The molecule has 3 aromatic carbocycles. The second-order valence-electron chi connectivity index (χ2n) is 12.2. The first-order valence-corrected chi connectivity index (χ1v) is 12.7. The molecule has 164 valence electrons. The van der Waals surface area contributed by atoms with Gasteiger partial charge in [0.1, 0.15) is 0 Å². The van der Waals surface area contributed by atoms with Crippen LogP contribution < -0.4 is 0 Å². The van der Waals surface area contributed by atoms with Crippen molar-refractivity contribution in [3.05, 3.63) is 83.9 Å². The van der Waals surface area contributed by atoms with E-state index >= 15 is 0 Å². The summed E-state index contributed by atoms with van der Waals surface area (Å²) in [7, 11) is 0. The van der Waals surface area contributed by atoms with Crippen LogP contribution in [0.4, 0.5) is 0 Å². The minimum absolute atomic E-state index is 0.199. The van der Waals surface area contributed by atoms with Crippen molar-refractivity contribution in [2.75, 3.05) is 0 Å². The Bertz CT molecular complexity index is 1060. The third kappa shape index (κ3) is 3.53. The lowest BCUT2D eigenvalue weighted by atomic mass is 9.48. The number of rotatable bonds is 3. The molecule has 0 unspecified atom stereocenters. The molecule has 0 saturated heterocycles. The highest BCUT2D eigenvalue weighted by molar-refractivity contribution is 5.70. The summed E-state index contributed by atoms with van der Waals surface area (Å²) in [5.41, 5.74) is 8.94.